The SMILES string of the molecule is Cc1cc(C(=O)COC(=O)C=Cc2ccc3c(c2)OCO3)c(C)n1C. The zero-order valence-electron chi connectivity index (χ0n) is 14.4. The molecule has 0 saturated heterocycles. The van der Waals surface area contributed by atoms with Gasteiger partial charge in [0.1, 0.15) is 0 Å². The molecule has 0 amide bonds. The molecule has 0 N–H and O–H groups in total. The van der Waals surface area contributed by atoms with E-state index < -0.39 is 5.97 Å². The molecule has 0 atom stereocenters. The number of esters is 1. The fourth-order valence-electron chi connectivity index (χ4n) is 2.58. The van der Waals surface area contributed by atoms with Crippen molar-refractivity contribution in [1.29, 1.82) is 0 Å². The molecule has 1 aliphatic rings. The average molecular weight is 341 g/mol. The van der Waals surface area contributed by atoms with Gasteiger partial charge in [0.2, 0.25) is 12.6 Å². The van der Waals surface area contributed by atoms with E-state index in [0.29, 0.717) is 17.1 Å². The molecule has 3 rings (SSSR count). The van der Waals surface area contributed by atoms with Crippen LogP contribution in [0.1, 0.15) is 27.3 Å². The minimum absolute atomic E-state index is 0.199. The van der Waals surface area contributed by atoms with Crippen LogP contribution in [0, 0.1) is 13.8 Å². The summed E-state index contributed by atoms with van der Waals surface area (Å²) in [5.74, 6) is 0.529. The molecule has 25 heavy (non-hydrogen) atoms. The summed E-state index contributed by atoms with van der Waals surface area (Å²) < 4.78 is 17.5. The van der Waals surface area contributed by atoms with Crippen molar-refractivity contribution in [3.8, 4) is 11.5 Å². The minimum Gasteiger partial charge on any atom is -0.454 e. The van der Waals surface area contributed by atoms with E-state index in [2.05, 4.69) is 0 Å². The average Bonchev–Trinajstić information content (AvgIpc) is 3.17. The van der Waals surface area contributed by atoms with Crippen molar-refractivity contribution in [2.75, 3.05) is 13.4 Å². The van der Waals surface area contributed by atoms with Crippen LogP contribution in [0.4, 0.5) is 0 Å². The molecule has 2 aromatic rings. The number of carbonyl (C=O) groups is 2. The number of Topliss-reactive ketones (excluding diaryl/α,β-unsaturated/α-hetero) is 1. The van der Waals surface area contributed by atoms with Crippen molar-refractivity contribution in [2.45, 2.75) is 13.8 Å². The van der Waals surface area contributed by atoms with Crippen LogP contribution in [-0.2, 0) is 16.6 Å². The Bertz CT molecular complexity index is 863. The molecular formula is C19H19NO5. The Balaban J connectivity index is 1.57. The van der Waals surface area contributed by atoms with Crippen LogP contribution in [-0.4, -0.2) is 29.7 Å². The number of fused-ring (bicyclic) bond motifs is 1. The van der Waals surface area contributed by atoms with E-state index >= 15 is 0 Å². The van der Waals surface area contributed by atoms with Crippen LogP contribution in [0.5, 0.6) is 11.5 Å². The Morgan fingerprint density at radius 1 is 1.20 bits per heavy atom. The first-order valence-electron chi connectivity index (χ1n) is 7.86. The summed E-state index contributed by atoms with van der Waals surface area (Å²) in [6.07, 6.45) is 2.89. The second kappa shape index (κ2) is 6.84. The molecule has 0 bridgehead atoms. The van der Waals surface area contributed by atoms with Gasteiger partial charge in [-0.05, 0) is 43.7 Å². The maximum Gasteiger partial charge on any atom is 0.331 e. The third-order valence-corrected chi connectivity index (χ3v) is 4.23. The van der Waals surface area contributed by atoms with Crippen LogP contribution >= 0.6 is 0 Å². The molecule has 0 spiro atoms. The van der Waals surface area contributed by atoms with Gasteiger partial charge in [-0.25, -0.2) is 4.79 Å². The highest BCUT2D eigenvalue weighted by atomic mass is 16.7. The molecule has 130 valence electrons. The van der Waals surface area contributed by atoms with Gasteiger partial charge in [-0.1, -0.05) is 6.07 Å². The van der Waals surface area contributed by atoms with Crippen LogP contribution in [0.15, 0.2) is 30.3 Å². The maximum absolute atomic E-state index is 12.2. The second-order valence-electron chi connectivity index (χ2n) is 5.82. The van der Waals surface area contributed by atoms with Crippen molar-refractivity contribution in [3.63, 3.8) is 0 Å². The molecule has 1 aromatic heterocycles. The number of aryl methyl sites for hydroxylation is 1. The summed E-state index contributed by atoms with van der Waals surface area (Å²) in [4.78, 5) is 24.0. The van der Waals surface area contributed by atoms with Gasteiger partial charge in [0, 0.05) is 30.1 Å². The molecule has 0 radical (unpaired) electrons. The summed E-state index contributed by atoms with van der Waals surface area (Å²) in [5.41, 5.74) is 3.19. The smallest absolute Gasteiger partial charge is 0.331 e. The second-order valence-corrected chi connectivity index (χ2v) is 5.82. The predicted octanol–water partition coefficient (Wildman–Crippen LogP) is 2.81. The molecule has 1 aromatic carbocycles. The largest absolute Gasteiger partial charge is 0.454 e. The molecular weight excluding hydrogens is 322 g/mol. The summed E-state index contributed by atoms with van der Waals surface area (Å²) in [6.45, 7) is 3.70. The fourth-order valence-corrected chi connectivity index (χ4v) is 2.58. The number of hydrogen-bond acceptors (Lipinski definition) is 5. The first-order valence-corrected chi connectivity index (χ1v) is 7.86. The van der Waals surface area contributed by atoms with Crippen molar-refractivity contribution in [2.24, 2.45) is 7.05 Å². The normalized spacial score (nSPS) is 12.6. The minimum atomic E-state index is -0.573. The lowest BCUT2D eigenvalue weighted by Crippen LogP contribution is -2.13. The van der Waals surface area contributed by atoms with E-state index in [0.717, 1.165) is 17.0 Å². The van der Waals surface area contributed by atoms with Gasteiger partial charge in [-0.3, -0.25) is 4.79 Å². The molecule has 6 nitrogen and oxygen atoms in total. The van der Waals surface area contributed by atoms with Crippen LogP contribution in [0.25, 0.3) is 6.08 Å². The third-order valence-electron chi connectivity index (χ3n) is 4.23. The molecule has 0 unspecified atom stereocenters. The lowest BCUT2D eigenvalue weighted by Gasteiger charge is -2.03. The van der Waals surface area contributed by atoms with Crippen molar-refractivity contribution < 1.29 is 23.8 Å². The quantitative estimate of drug-likeness (QED) is 0.475. The summed E-state index contributed by atoms with van der Waals surface area (Å²) in [6, 6.07) is 7.15. The van der Waals surface area contributed by atoms with Gasteiger partial charge in [0.05, 0.1) is 0 Å². The summed E-state index contributed by atoms with van der Waals surface area (Å²) in [5, 5.41) is 0. The number of aromatic nitrogens is 1. The maximum atomic E-state index is 12.2. The Hall–Kier alpha value is -3.02. The number of hydrogen-bond donors (Lipinski definition) is 0. The van der Waals surface area contributed by atoms with E-state index in [1.165, 1.54) is 6.08 Å². The third kappa shape index (κ3) is 3.57. The van der Waals surface area contributed by atoms with Crippen molar-refractivity contribution in [3.05, 3.63) is 52.9 Å². The first-order chi connectivity index (χ1) is 12.0. The molecule has 2 heterocycles. The Labute approximate surface area is 145 Å². The molecule has 6 heteroatoms. The highest BCUT2D eigenvalue weighted by Crippen LogP contribution is 2.32. The lowest BCUT2D eigenvalue weighted by atomic mass is 10.1. The van der Waals surface area contributed by atoms with Gasteiger partial charge in [-0.15, -0.1) is 0 Å². The molecule has 0 saturated carbocycles. The lowest BCUT2D eigenvalue weighted by molar-refractivity contribution is -0.136. The summed E-state index contributed by atoms with van der Waals surface area (Å²) >= 11 is 0. The first kappa shape index (κ1) is 16.8. The van der Waals surface area contributed by atoms with Crippen LogP contribution < -0.4 is 9.47 Å². The van der Waals surface area contributed by atoms with E-state index in [1.54, 1.807) is 30.3 Å². The van der Waals surface area contributed by atoms with Crippen LogP contribution in [0.2, 0.25) is 0 Å². The predicted molar refractivity (Wildman–Crippen MR) is 91.8 cm³/mol. The van der Waals surface area contributed by atoms with Crippen molar-refractivity contribution >= 4 is 17.8 Å². The van der Waals surface area contributed by atoms with E-state index in [-0.39, 0.29) is 19.2 Å². The van der Waals surface area contributed by atoms with Crippen LogP contribution in [0.3, 0.4) is 0 Å². The number of rotatable bonds is 5. The topological polar surface area (TPSA) is 66.8 Å². The van der Waals surface area contributed by atoms with E-state index in [4.69, 9.17) is 14.2 Å². The Kier molecular flexibility index (Phi) is 4.61. The monoisotopic (exact) mass is 341 g/mol. The molecule has 0 fully saturated rings. The summed E-state index contributed by atoms with van der Waals surface area (Å²) in [7, 11) is 1.89. The van der Waals surface area contributed by atoms with Gasteiger partial charge < -0.3 is 18.8 Å². The Morgan fingerprint density at radius 2 is 1.96 bits per heavy atom. The number of benzene rings is 1. The Morgan fingerprint density at radius 3 is 2.68 bits per heavy atom. The standard InChI is InChI=1S/C19H19NO5/c1-12-8-15(13(2)20(12)3)16(21)10-23-19(22)7-5-14-4-6-17-18(9-14)25-11-24-17/h4-9H,10-11H2,1-3H3. The van der Waals surface area contributed by atoms with Gasteiger partial charge in [-0.2, -0.15) is 0 Å². The molecule has 1 aliphatic heterocycles. The number of nitrogens with zero attached hydrogens (tertiary/aromatic N) is 1. The van der Waals surface area contributed by atoms with Crippen molar-refractivity contribution in [1.82, 2.24) is 4.57 Å². The number of carbonyl (C=O) groups excluding carboxylic acids is 2. The molecule has 0 aliphatic carbocycles. The highest BCUT2D eigenvalue weighted by Gasteiger charge is 2.15. The van der Waals surface area contributed by atoms with Gasteiger partial charge >= 0.3 is 5.97 Å². The van der Waals surface area contributed by atoms with Gasteiger partial charge in [0.15, 0.2) is 18.1 Å². The number of ether oxygens (including phenoxy) is 3. The zero-order chi connectivity index (χ0) is 18.0. The van der Waals surface area contributed by atoms with E-state index in [1.807, 2.05) is 25.5 Å². The fraction of sp³-hybridized carbons (Fsp3) is 0.263. The van der Waals surface area contributed by atoms with E-state index in [9.17, 15) is 9.59 Å². The van der Waals surface area contributed by atoms with Gasteiger partial charge in [0.25, 0.3) is 0 Å². The highest BCUT2D eigenvalue weighted by molar-refractivity contribution is 6.00. The number of ketones is 1. The zero-order valence-corrected chi connectivity index (χ0v) is 14.4.